The zero-order chi connectivity index (χ0) is 9.80. The van der Waals surface area contributed by atoms with E-state index in [1.165, 1.54) is 30.8 Å². The van der Waals surface area contributed by atoms with Crippen molar-refractivity contribution in [2.24, 2.45) is 0 Å². The second-order valence-electron chi connectivity index (χ2n) is 3.67. The minimum absolute atomic E-state index is 0.623. The fraction of sp³-hybridized carbons (Fsp3) is 0.778. The van der Waals surface area contributed by atoms with Crippen molar-refractivity contribution < 1.29 is 0 Å². The molecule has 5 heteroatoms. The standard InChI is InChI=1S/C9H16N4S/c1-13(9-11-7-12-14-9)8-3-2-5-10-6-4-8/h7-8,10H,2-6H2,1H3. The molecule has 1 aromatic rings. The molecule has 0 saturated carbocycles. The lowest BCUT2D eigenvalue weighted by atomic mass is 10.1. The predicted octanol–water partition coefficient (Wildman–Crippen LogP) is 1.12. The number of aromatic nitrogens is 2. The van der Waals surface area contributed by atoms with Crippen LogP contribution in [0.15, 0.2) is 6.33 Å². The number of nitrogens with one attached hydrogen (secondary N) is 1. The van der Waals surface area contributed by atoms with Gasteiger partial charge in [-0.25, -0.2) is 4.98 Å². The lowest BCUT2D eigenvalue weighted by molar-refractivity contribution is 0.566. The third-order valence-electron chi connectivity index (χ3n) is 2.74. The van der Waals surface area contributed by atoms with Crippen LogP contribution in [0, 0.1) is 0 Å². The smallest absolute Gasteiger partial charge is 0.204 e. The highest BCUT2D eigenvalue weighted by atomic mass is 32.1. The average molecular weight is 212 g/mol. The highest BCUT2D eigenvalue weighted by Gasteiger charge is 2.18. The molecule has 0 bridgehead atoms. The first-order chi connectivity index (χ1) is 6.88. The highest BCUT2D eigenvalue weighted by molar-refractivity contribution is 7.09. The Balaban J connectivity index is 1.99. The van der Waals surface area contributed by atoms with Crippen molar-refractivity contribution in [1.29, 1.82) is 0 Å². The lowest BCUT2D eigenvalue weighted by Gasteiger charge is -2.25. The van der Waals surface area contributed by atoms with Gasteiger partial charge in [0.1, 0.15) is 6.33 Å². The Labute approximate surface area is 88.5 Å². The third-order valence-corrected chi connectivity index (χ3v) is 3.50. The minimum atomic E-state index is 0.623. The number of rotatable bonds is 2. The fourth-order valence-electron chi connectivity index (χ4n) is 1.87. The summed E-state index contributed by atoms with van der Waals surface area (Å²) in [5, 5.41) is 4.46. The van der Waals surface area contributed by atoms with Crippen LogP contribution in [0.2, 0.25) is 0 Å². The molecule has 0 aliphatic carbocycles. The van der Waals surface area contributed by atoms with Gasteiger partial charge in [0.25, 0.3) is 0 Å². The van der Waals surface area contributed by atoms with E-state index < -0.39 is 0 Å². The summed E-state index contributed by atoms with van der Waals surface area (Å²) < 4.78 is 4.03. The topological polar surface area (TPSA) is 41.1 Å². The van der Waals surface area contributed by atoms with Gasteiger partial charge in [-0.05, 0) is 32.4 Å². The number of hydrogen-bond donors (Lipinski definition) is 1. The van der Waals surface area contributed by atoms with Crippen LogP contribution in [0.4, 0.5) is 5.13 Å². The molecule has 2 rings (SSSR count). The van der Waals surface area contributed by atoms with Crippen LogP contribution in [0.5, 0.6) is 0 Å². The van der Waals surface area contributed by atoms with Crippen molar-refractivity contribution in [3.8, 4) is 0 Å². The van der Waals surface area contributed by atoms with Gasteiger partial charge in [-0.1, -0.05) is 0 Å². The number of hydrogen-bond acceptors (Lipinski definition) is 5. The van der Waals surface area contributed by atoms with Crippen LogP contribution >= 0.6 is 11.5 Å². The summed E-state index contributed by atoms with van der Waals surface area (Å²) in [6.45, 7) is 2.27. The molecule has 1 N–H and O–H groups in total. The molecule has 0 aromatic carbocycles. The second kappa shape index (κ2) is 4.70. The molecule has 1 aliphatic rings. The van der Waals surface area contributed by atoms with Gasteiger partial charge in [-0.2, -0.15) is 4.37 Å². The summed E-state index contributed by atoms with van der Waals surface area (Å²) in [4.78, 5) is 6.50. The lowest BCUT2D eigenvalue weighted by Crippen LogP contribution is -2.32. The molecular weight excluding hydrogens is 196 g/mol. The van der Waals surface area contributed by atoms with E-state index in [1.54, 1.807) is 6.33 Å². The average Bonchev–Trinajstić information content (AvgIpc) is 2.59. The molecule has 1 atom stereocenters. The van der Waals surface area contributed by atoms with Gasteiger partial charge in [0.2, 0.25) is 5.13 Å². The summed E-state index contributed by atoms with van der Waals surface area (Å²) in [6.07, 6.45) is 5.35. The molecule has 1 aliphatic heterocycles. The van der Waals surface area contributed by atoms with Crippen molar-refractivity contribution in [2.45, 2.75) is 25.3 Å². The monoisotopic (exact) mass is 212 g/mol. The first kappa shape index (κ1) is 9.86. The fourth-order valence-corrected chi connectivity index (χ4v) is 2.43. The first-order valence-corrected chi connectivity index (χ1v) is 5.85. The molecule has 0 radical (unpaired) electrons. The molecule has 1 aromatic heterocycles. The number of anilines is 1. The van der Waals surface area contributed by atoms with Gasteiger partial charge >= 0.3 is 0 Å². The van der Waals surface area contributed by atoms with Gasteiger partial charge in [0.05, 0.1) is 0 Å². The Morgan fingerprint density at radius 1 is 1.50 bits per heavy atom. The molecule has 1 unspecified atom stereocenters. The van der Waals surface area contributed by atoms with E-state index in [2.05, 4.69) is 26.6 Å². The maximum atomic E-state index is 4.23. The van der Waals surface area contributed by atoms with Crippen molar-refractivity contribution in [3.63, 3.8) is 0 Å². The van der Waals surface area contributed by atoms with Crippen LogP contribution in [0.25, 0.3) is 0 Å². The van der Waals surface area contributed by atoms with E-state index in [4.69, 9.17) is 0 Å². The normalized spacial score (nSPS) is 23.1. The Kier molecular flexibility index (Phi) is 3.31. The largest absolute Gasteiger partial charge is 0.347 e. The van der Waals surface area contributed by atoms with Crippen LogP contribution in [0.1, 0.15) is 19.3 Å². The van der Waals surface area contributed by atoms with Crippen molar-refractivity contribution in [3.05, 3.63) is 6.33 Å². The van der Waals surface area contributed by atoms with Crippen LogP contribution in [-0.4, -0.2) is 35.5 Å². The Hall–Kier alpha value is -0.680. The Bertz CT molecular complexity index is 254. The molecule has 2 heterocycles. The van der Waals surface area contributed by atoms with E-state index in [0.717, 1.165) is 18.2 Å². The first-order valence-electron chi connectivity index (χ1n) is 5.08. The van der Waals surface area contributed by atoms with Gasteiger partial charge < -0.3 is 10.2 Å². The van der Waals surface area contributed by atoms with E-state index in [0.29, 0.717) is 6.04 Å². The molecule has 1 saturated heterocycles. The number of nitrogens with zero attached hydrogens (tertiary/aromatic N) is 3. The summed E-state index contributed by atoms with van der Waals surface area (Å²) >= 11 is 1.48. The second-order valence-corrected chi connectivity index (χ2v) is 4.43. The van der Waals surface area contributed by atoms with E-state index >= 15 is 0 Å². The molecule has 1 fully saturated rings. The maximum absolute atomic E-state index is 4.23. The van der Waals surface area contributed by atoms with Crippen LogP contribution < -0.4 is 10.2 Å². The molecule has 78 valence electrons. The molecular formula is C9H16N4S. The van der Waals surface area contributed by atoms with E-state index in [1.807, 2.05) is 0 Å². The van der Waals surface area contributed by atoms with Gasteiger partial charge in [0, 0.05) is 24.6 Å². The predicted molar refractivity (Wildman–Crippen MR) is 58.8 cm³/mol. The molecule has 0 spiro atoms. The SMILES string of the molecule is CN(c1ncns1)C1CCCNCC1. The van der Waals surface area contributed by atoms with E-state index in [9.17, 15) is 0 Å². The van der Waals surface area contributed by atoms with Gasteiger partial charge in [-0.3, -0.25) is 0 Å². The minimum Gasteiger partial charge on any atom is -0.347 e. The summed E-state index contributed by atoms with van der Waals surface area (Å²) in [5.41, 5.74) is 0. The van der Waals surface area contributed by atoms with Crippen LogP contribution in [-0.2, 0) is 0 Å². The zero-order valence-corrected chi connectivity index (χ0v) is 9.26. The maximum Gasteiger partial charge on any atom is 0.204 e. The van der Waals surface area contributed by atoms with Gasteiger partial charge in [0.15, 0.2) is 0 Å². The van der Waals surface area contributed by atoms with E-state index in [-0.39, 0.29) is 0 Å². The third kappa shape index (κ3) is 2.22. The molecule has 4 nitrogen and oxygen atoms in total. The zero-order valence-electron chi connectivity index (χ0n) is 8.44. The summed E-state index contributed by atoms with van der Waals surface area (Å²) in [6, 6.07) is 0.623. The summed E-state index contributed by atoms with van der Waals surface area (Å²) in [7, 11) is 2.12. The van der Waals surface area contributed by atoms with Crippen LogP contribution in [0.3, 0.4) is 0 Å². The Morgan fingerprint density at radius 2 is 2.43 bits per heavy atom. The molecule has 14 heavy (non-hydrogen) atoms. The summed E-state index contributed by atoms with van der Waals surface area (Å²) in [5.74, 6) is 0. The highest BCUT2D eigenvalue weighted by Crippen LogP contribution is 2.20. The Morgan fingerprint density at radius 3 is 3.21 bits per heavy atom. The van der Waals surface area contributed by atoms with Crippen molar-refractivity contribution >= 4 is 16.7 Å². The molecule has 0 amide bonds. The van der Waals surface area contributed by atoms with Crippen molar-refractivity contribution in [1.82, 2.24) is 14.7 Å². The van der Waals surface area contributed by atoms with Gasteiger partial charge in [-0.15, -0.1) is 0 Å². The van der Waals surface area contributed by atoms with Crippen molar-refractivity contribution in [2.75, 3.05) is 25.0 Å². The quantitative estimate of drug-likeness (QED) is 0.797.